The number of nitrogens with one attached hydrogen (secondary N) is 4. The van der Waals surface area contributed by atoms with Crippen LogP contribution in [0.2, 0.25) is 0 Å². The Labute approximate surface area is 228 Å². The number of guanidine groups is 1. The van der Waals surface area contributed by atoms with E-state index in [1.165, 1.54) is 6.92 Å². The maximum atomic E-state index is 13.2. The largest absolute Gasteiger partial charge is 0.394 e. The molecule has 16 nitrogen and oxygen atoms in total. The Kier molecular flexibility index (Phi) is 18.6. The number of hydrogen-bond acceptors (Lipinski definition) is 9. The van der Waals surface area contributed by atoms with Gasteiger partial charge in [0.25, 0.3) is 0 Å². The first kappa shape index (κ1) is 35.5. The van der Waals surface area contributed by atoms with Crippen molar-refractivity contribution in [1.29, 1.82) is 0 Å². The molecule has 0 aromatic carbocycles. The zero-order valence-electron chi connectivity index (χ0n) is 22.6. The fourth-order valence-electron chi connectivity index (χ4n) is 3.57. The normalized spacial score (nSPS) is 13.7. The van der Waals surface area contributed by atoms with Crippen molar-refractivity contribution in [2.24, 2.45) is 33.7 Å². The van der Waals surface area contributed by atoms with Gasteiger partial charge in [-0.25, -0.2) is 0 Å². The van der Waals surface area contributed by atoms with Gasteiger partial charge in [-0.3, -0.25) is 29.0 Å². The highest BCUT2D eigenvalue weighted by Gasteiger charge is 2.30. The topological polar surface area (TPSA) is 296 Å². The third-order valence-corrected chi connectivity index (χ3v) is 5.64. The molecule has 224 valence electrons. The molecule has 4 atom stereocenters. The standard InChI is InChI=1S/C23H46N10O6/c1-14(35)30-18(13-34)22(39)33-17(8-3-5-11-25)21(38)32-16(7-2-4-10-24)20(37)31-15(19(26)36)9-6-12-29-23(27)28/h15-18,34H,2-13,24-25H2,1H3,(H2,26,36)(H,30,35)(H,31,37)(H,32,38)(H,33,39)(H4,27,28,29)/t15-,16-,17-,18-/m0/s1. The lowest BCUT2D eigenvalue weighted by molar-refractivity contribution is -0.134. The van der Waals surface area contributed by atoms with E-state index in [4.69, 9.17) is 28.7 Å². The Morgan fingerprint density at radius 2 is 1.10 bits per heavy atom. The van der Waals surface area contributed by atoms with Crippen molar-refractivity contribution >= 4 is 35.5 Å². The monoisotopic (exact) mass is 558 g/mol. The summed E-state index contributed by atoms with van der Waals surface area (Å²) in [6, 6.07) is -4.42. The Bertz CT molecular complexity index is 821. The van der Waals surface area contributed by atoms with Crippen LogP contribution >= 0.6 is 0 Å². The van der Waals surface area contributed by atoms with Crippen LogP contribution in [0.5, 0.6) is 0 Å². The predicted molar refractivity (Wildman–Crippen MR) is 145 cm³/mol. The van der Waals surface area contributed by atoms with E-state index >= 15 is 0 Å². The van der Waals surface area contributed by atoms with E-state index in [0.717, 1.165) is 0 Å². The molecule has 0 aliphatic heterocycles. The van der Waals surface area contributed by atoms with Crippen LogP contribution in [0.25, 0.3) is 0 Å². The van der Waals surface area contributed by atoms with Gasteiger partial charge >= 0.3 is 0 Å². The molecule has 0 saturated carbocycles. The fraction of sp³-hybridized carbons (Fsp3) is 0.739. The zero-order valence-corrected chi connectivity index (χ0v) is 22.6. The number of primary amides is 1. The molecule has 0 rings (SSSR count). The van der Waals surface area contributed by atoms with Crippen molar-refractivity contribution in [3.05, 3.63) is 0 Å². The minimum Gasteiger partial charge on any atom is -0.394 e. The molecule has 15 N–H and O–H groups in total. The summed E-state index contributed by atoms with van der Waals surface area (Å²) in [7, 11) is 0. The third-order valence-electron chi connectivity index (χ3n) is 5.64. The van der Waals surface area contributed by atoms with Crippen LogP contribution in [0.15, 0.2) is 4.99 Å². The lowest BCUT2D eigenvalue weighted by Crippen LogP contribution is -2.58. The van der Waals surface area contributed by atoms with Crippen LogP contribution < -0.4 is 49.9 Å². The van der Waals surface area contributed by atoms with E-state index in [1.54, 1.807) is 0 Å². The number of carbonyl (C=O) groups excluding carboxylic acids is 5. The molecule has 0 saturated heterocycles. The molecular formula is C23H46N10O6. The highest BCUT2D eigenvalue weighted by molar-refractivity contribution is 5.95. The molecule has 0 unspecified atom stereocenters. The summed E-state index contributed by atoms with van der Waals surface area (Å²) >= 11 is 0. The average Bonchev–Trinajstić information content (AvgIpc) is 2.87. The summed E-state index contributed by atoms with van der Waals surface area (Å²) in [5.74, 6) is -3.46. The molecule has 0 spiro atoms. The maximum absolute atomic E-state index is 13.2. The molecule has 0 aromatic rings. The Morgan fingerprint density at radius 3 is 1.49 bits per heavy atom. The van der Waals surface area contributed by atoms with Crippen LogP contribution in [-0.2, 0) is 24.0 Å². The smallest absolute Gasteiger partial charge is 0.245 e. The summed E-state index contributed by atoms with van der Waals surface area (Å²) in [5, 5.41) is 19.5. The number of aliphatic hydroxyl groups is 1. The van der Waals surface area contributed by atoms with Crippen LogP contribution in [0.3, 0.4) is 0 Å². The molecule has 0 heterocycles. The van der Waals surface area contributed by atoms with Gasteiger partial charge in [0.05, 0.1) is 6.61 Å². The second-order valence-corrected chi connectivity index (χ2v) is 9.04. The average molecular weight is 559 g/mol. The van der Waals surface area contributed by atoms with Crippen molar-refractivity contribution < 1.29 is 29.1 Å². The second-order valence-electron chi connectivity index (χ2n) is 9.04. The number of aliphatic hydroxyl groups excluding tert-OH is 1. The lowest BCUT2D eigenvalue weighted by atomic mass is 10.0. The van der Waals surface area contributed by atoms with Crippen LogP contribution in [0.1, 0.15) is 58.3 Å². The van der Waals surface area contributed by atoms with Crippen LogP contribution in [-0.4, -0.2) is 91.0 Å². The number of unbranched alkanes of at least 4 members (excludes halogenated alkanes) is 2. The van der Waals surface area contributed by atoms with Gasteiger partial charge < -0.3 is 55.0 Å². The fourth-order valence-corrected chi connectivity index (χ4v) is 3.57. The van der Waals surface area contributed by atoms with Gasteiger partial charge in [0.2, 0.25) is 29.5 Å². The van der Waals surface area contributed by atoms with E-state index in [9.17, 15) is 29.1 Å². The van der Waals surface area contributed by atoms with Gasteiger partial charge in [-0.15, -0.1) is 0 Å². The Balaban J connectivity index is 5.61. The second kappa shape index (κ2) is 20.5. The van der Waals surface area contributed by atoms with Crippen molar-refractivity contribution in [2.75, 3.05) is 26.2 Å². The number of nitrogens with zero attached hydrogens (tertiary/aromatic N) is 1. The minimum atomic E-state index is -1.26. The number of nitrogens with two attached hydrogens (primary N) is 5. The molecule has 0 aliphatic rings. The number of hydrogen-bond donors (Lipinski definition) is 10. The SMILES string of the molecule is CC(=O)N[C@@H](CO)C(=O)N[C@@H](CCCCN)C(=O)N[C@@H](CCCCN)C(=O)N[C@@H](CCCN=C(N)N)C(N)=O. The Hall–Kier alpha value is -3.50. The highest BCUT2D eigenvalue weighted by atomic mass is 16.3. The highest BCUT2D eigenvalue weighted by Crippen LogP contribution is 2.07. The number of amides is 5. The van der Waals surface area contributed by atoms with Crippen molar-refractivity contribution in [2.45, 2.75) is 82.5 Å². The van der Waals surface area contributed by atoms with Crippen LogP contribution in [0.4, 0.5) is 0 Å². The lowest BCUT2D eigenvalue weighted by Gasteiger charge is -2.26. The summed E-state index contributed by atoms with van der Waals surface area (Å²) in [6.07, 6.45) is 3.10. The van der Waals surface area contributed by atoms with Crippen molar-refractivity contribution in [1.82, 2.24) is 21.3 Å². The summed E-state index contributed by atoms with van der Waals surface area (Å²) in [6.45, 7) is 1.49. The summed E-state index contributed by atoms with van der Waals surface area (Å²) in [4.78, 5) is 66.0. The predicted octanol–water partition coefficient (Wildman–Crippen LogP) is -4.27. The van der Waals surface area contributed by atoms with Gasteiger partial charge in [0.1, 0.15) is 24.2 Å². The first-order valence-electron chi connectivity index (χ1n) is 13.0. The van der Waals surface area contributed by atoms with Gasteiger partial charge in [0, 0.05) is 13.5 Å². The Morgan fingerprint density at radius 1 is 0.667 bits per heavy atom. The summed E-state index contributed by atoms with van der Waals surface area (Å²) in [5.41, 5.74) is 27.1. The molecule has 0 aromatic heterocycles. The maximum Gasteiger partial charge on any atom is 0.245 e. The number of rotatable bonds is 21. The first-order chi connectivity index (χ1) is 18.5. The molecule has 0 bridgehead atoms. The van der Waals surface area contributed by atoms with Gasteiger partial charge in [0.15, 0.2) is 5.96 Å². The zero-order chi connectivity index (χ0) is 29.8. The quantitative estimate of drug-likeness (QED) is 0.0367. The molecule has 39 heavy (non-hydrogen) atoms. The van der Waals surface area contributed by atoms with Crippen molar-refractivity contribution in [3.8, 4) is 0 Å². The molecule has 5 amide bonds. The third kappa shape index (κ3) is 16.2. The van der Waals surface area contributed by atoms with E-state index in [1.807, 2.05) is 0 Å². The van der Waals surface area contributed by atoms with E-state index in [2.05, 4.69) is 26.3 Å². The molecule has 0 radical (unpaired) electrons. The molecular weight excluding hydrogens is 512 g/mol. The van der Waals surface area contributed by atoms with Gasteiger partial charge in [-0.05, 0) is 64.5 Å². The van der Waals surface area contributed by atoms with Gasteiger partial charge in [-0.2, -0.15) is 0 Å². The molecule has 16 heteroatoms. The minimum absolute atomic E-state index is 0.104. The molecule has 0 fully saturated rings. The summed E-state index contributed by atoms with van der Waals surface area (Å²) < 4.78 is 0. The number of aliphatic imine (C=N–C) groups is 1. The van der Waals surface area contributed by atoms with E-state index in [0.29, 0.717) is 45.2 Å². The van der Waals surface area contributed by atoms with Gasteiger partial charge in [-0.1, -0.05) is 0 Å². The van der Waals surface area contributed by atoms with Crippen LogP contribution in [0, 0.1) is 0 Å². The number of carbonyl (C=O) groups is 5. The van der Waals surface area contributed by atoms with Crippen molar-refractivity contribution in [3.63, 3.8) is 0 Å². The first-order valence-corrected chi connectivity index (χ1v) is 13.0. The van der Waals surface area contributed by atoms with E-state index in [-0.39, 0.29) is 31.8 Å². The molecule has 0 aliphatic carbocycles. The van der Waals surface area contributed by atoms with E-state index < -0.39 is 60.3 Å².